The lowest BCUT2D eigenvalue weighted by Gasteiger charge is -2.19. The predicted octanol–water partition coefficient (Wildman–Crippen LogP) is 3.56. The van der Waals surface area contributed by atoms with E-state index in [1.54, 1.807) is 10.6 Å². The van der Waals surface area contributed by atoms with Crippen LogP contribution < -0.4 is 5.32 Å². The number of halogens is 1. The van der Waals surface area contributed by atoms with Gasteiger partial charge in [0.2, 0.25) is 0 Å². The molecular formula is C22H20ClN4O2. The molecule has 0 aliphatic heterocycles. The van der Waals surface area contributed by atoms with Crippen LogP contribution in [-0.4, -0.2) is 43.1 Å². The number of hydrogen-bond donors (Lipinski definition) is 3. The number of nitrogens with one attached hydrogen (secondary N) is 1. The van der Waals surface area contributed by atoms with E-state index in [0.29, 0.717) is 23.0 Å². The number of aliphatic hydroxyl groups is 2. The Hall–Kier alpha value is -2.67. The summed E-state index contributed by atoms with van der Waals surface area (Å²) in [5.74, 6) is 0.371. The summed E-state index contributed by atoms with van der Waals surface area (Å²) in [7, 11) is 0. The van der Waals surface area contributed by atoms with Crippen LogP contribution in [0.3, 0.4) is 0 Å². The molecule has 4 atom stereocenters. The number of hydrogen-bond acceptors (Lipinski definition) is 5. The van der Waals surface area contributed by atoms with Gasteiger partial charge in [-0.2, -0.15) is 9.61 Å². The zero-order valence-electron chi connectivity index (χ0n) is 15.5. The lowest BCUT2D eigenvalue weighted by molar-refractivity contribution is 0.0256. The van der Waals surface area contributed by atoms with Gasteiger partial charge in [0.15, 0.2) is 5.65 Å². The maximum atomic E-state index is 10.3. The predicted molar refractivity (Wildman–Crippen MR) is 114 cm³/mol. The van der Waals surface area contributed by atoms with Crippen molar-refractivity contribution in [1.82, 2.24) is 14.6 Å². The minimum absolute atomic E-state index is 0.237. The quantitative estimate of drug-likeness (QED) is 0.452. The van der Waals surface area contributed by atoms with Gasteiger partial charge in [0.1, 0.15) is 17.1 Å². The van der Waals surface area contributed by atoms with Crippen LogP contribution in [0.5, 0.6) is 0 Å². The second kappa shape index (κ2) is 6.99. The SMILES string of the molecule is [CH2][C@@H]1C[C@@H](Nc2cc(Cl)nc3cc(-c4cccc5ccccc45)nn23)[C@H](O)[C@@H]1O. The highest BCUT2D eigenvalue weighted by Gasteiger charge is 2.39. The van der Waals surface area contributed by atoms with Crippen LogP contribution in [0.25, 0.3) is 27.7 Å². The van der Waals surface area contributed by atoms with Crippen molar-refractivity contribution < 1.29 is 10.2 Å². The topological polar surface area (TPSA) is 82.7 Å². The first kappa shape index (κ1) is 18.4. The maximum Gasteiger partial charge on any atom is 0.159 e. The first-order valence-electron chi connectivity index (χ1n) is 9.51. The summed E-state index contributed by atoms with van der Waals surface area (Å²) in [4.78, 5) is 4.39. The Morgan fingerprint density at radius 2 is 1.86 bits per heavy atom. The van der Waals surface area contributed by atoms with E-state index in [0.717, 1.165) is 22.0 Å². The van der Waals surface area contributed by atoms with Gasteiger partial charge in [0.05, 0.1) is 17.8 Å². The summed E-state index contributed by atoms with van der Waals surface area (Å²) in [5.41, 5.74) is 2.38. The zero-order valence-corrected chi connectivity index (χ0v) is 16.3. The van der Waals surface area contributed by atoms with E-state index in [9.17, 15) is 10.2 Å². The van der Waals surface area contributed by atoms with Gasteiger partial charge in [-0.15, -0.1) is 0 Å². The zero-order chi connectivity index (χ0) is 20.1. The monoisotopic (exact) mass is 407 g/mol. The smallest absolute Gasteiger partial charge is 0.159 e. The van der Waals surface area contributed by atoms with Crippen LogP contribution in [0, 0.1) is 12.8 Å². The summed E-state index contributed by atoms with van der Waals surface area (Å²) in [5, 5.41) is 30.9. The molecule has 1 saturated carbocycles. The summed E-state index contributed by atoms with van der Waals surface area (Å²) in [6.45, 7) is 3.90. The molecule has 2 aromatic carbocycles. The van der Waals surface area contributed by atoms with E-state index < -0.39 is 12.2 Å². The van der Waals surface area contributed by atoms with E-state index in [1.807, 2.05) is 30.3 Å². The maximum absolute atomic E-state index is 10.3. The standard InChI is InChI=1S/C22H20ClN4O2/c1-12-9-17(22(29)21(12)28)24-20-11-18(23)25-19-10-16(26-27(19)20)15-8-4-6-13-5-2-3-7-14(13)15/h2-8,10-12,17,21-22,24,28-29H,1,9H2/t12-,17-,21-,22+/m1/s1. The van der Waals surface area contributed by atoms with Crippen LogP contribution in [0.2, 0.25) is 5.15 Å². The summed E-state index contributed by atoms with van der Waals surface area (Å²) < 4.78 is 1.68. The Morgan fingerprint density at radius 1 is 1.07 bits per heavy atom. The molecule has 3 N–H and O–H groups in total. The Balaban J connectivity index is 1.60. The van der Waals surface area contributed by atoms with Crippen molar-refractivity contribution in [2.24, 2.45) is 5.92 Å². The van der Waals surface area contributed by atoms with Crippen molar-refractivity contribution in [2.75, 3.05) is 5.32 Å². The van der Waals surface area contributed by atoms with Crippen molar-refractivity contribution >= 4 is 33.8 Å². The summed E-state index contributed by atoms with van der Waals surface area (Å²) >= 11 is 6.24. The van der Waals surface area contributed by atoms with Gasteiger partial charge < -0.3 is 15.5 Å². The third-order valence-electron chi connectivity index (χ3n) is 5.60. The highest BCUT2D eigenvalue weighted by molar-refractivity contribution is 6.29. The van der Waals surface area contributed by atoms with Crippen LogP contribution in [0.15, 0.2) is 54.6 Å². The van der Waals surface area contributed by atoms with Crippen molar-refractivity contribution in [2.45, 2.75) is 24.7 Å². The minimum atomic E-state index is -0.910. The molecule has 2 aromatic heterocycles. The molecule has 1 fully saturated rings. The summed E-state index contributed by atoms with van der Waals surface area (Å²) in [6, 6.07) is 17.5. The third-order valence-corrected chi connectivity index (χ3v) is 5.79. The van der Waals surface area contributed by atoms with Crippen molar-refractivity contribution in [3.63, 3.8) is 0 Å². The highest BCUT2D eigenvalue weighted by Crippen LogP contribution is 2.32. The fourth-order valence-electron chi connectivity index (χ4n) is 4.08. The second-order valence-electron chi connectivity index (χ2n) is 7.52. The Kier molecular flexibility index (Phi) is 4.42. The molecule has 6 nitrogen and oxygen atoms in total. The molecule has 1 aliphatic carbocycles. The van der Waals surface area contributed by atoms with E-state index in [4.69, 9.17) is 16.7 Å². The Morgan fingerprint density at radius 3 is 2.66 bits per heavy atom. The normalized spacial score (nSPS) is 24.4. The third kappa shape index (κ3) is 3.13. The summed E-state index contributed by atoms with van der Waals surface area (Å²) in [6.07, 6.45) is -1.22. The molecular weight excluding hydrogens is 388 g/mol. The van der Waals surface area contributed by atoms with E-state index >= 15 is 0 Å². The molecule has 147 valence electrons. The molecule has 4 aromatic rings. The van der Waals surface area contributed by atoms with Crippen LogP contribution in [0.4, 0.5) is 5.82 Å². The lowest BCUT2D eigenvalue weighted by Crippen LogP contribution is -2.35. The molecule has 0 bridgehead atoms. The number of fused-ring (bicyclic) bond motifs is 2. The van der Waals surface area contributed by atoms with Gasteiger partial charge in [-0.1, -0.05) is 54.1 Å². The molecule has 1 radical (unpaired) electrons. The number of aliphatic hydroxyl groups excluding tert-OH is 2. The van der Waals surface area contributed by atoms with Crippen LogP contribution in [0.1, 0.15) is 6.42 Å². The second-order valence-corrected chi connectivity index (χ2v) is 7.91. The van der Waals surface area contributed by atoms with Crippen molar-refractivity contribution in [1.29, 1.82) is 0 Å². The van der Waals surface area contributed by atoms with E-state index in [1.165, 1.54) is 0 Å². The number of benzene rings is 2. The first-order chi connectivity index (χ1) is 14.0. The molecule has 0 saturated heterocycles. The molecule has 1 aliphatic rings. The fourth-order valence-corrected chi connectivity index (χ4v) is 4.27. The largest absolute Gasteiger partial charge is 0.390 e. The minimum Gasteiger partial charge on any atom is -0.390 e. The van der Waals surface area contributed by atoms with Gasteiger partial charge in [-0.25, -0.2) is 4.98 Å². The molecule has 0 spiro atoms. The van der Waals surface area contributed by atoms with E-state index in [-0.39, 0.29) is 12.0 Å². The molecule has 7 heteroatoms. The average Bonchev–Trinajstić information content (AvgIpc) is 3.24. The Bertz CT molecular complexity index is 1200. The number of anilines is 1. The van der Waals surface area contributed by atoms with E-state index in [2.05, 4.69) is 35.4 Å². The molecule has 29 heavy (non-hydrogen) atoms. The van der Waals surface area contributed by atoms with Gasteiger partial charge in [0.25, 0.3) is 0 Å². The highest BCUT2D eigenvalue weighted by atomic mass is 35.5. The molecule has 2 heterocycles. The number of nitrogens with zero attached hydrogens (tertiary/aromatic N) is 3. The van der Waals surface area contributed by atoms with Crippen LogP contribution in [-0.2, 0) is 0 Å². The van der Waals surface area contributed by atoms with Crippen molar-refractivity contribution in [3.8, 4) is 11.3 Å². The van der Waals surface area contributed by atoms with Gasteiger partial charge in [-0.3, -0.25) is 0 Å². The Labute approximate surface area is 172 Å². The first-order valence-corrected chi connectivity index (χ1v) is 9.89. The van der Waals surface area contributed by atoms with Crippen molar-refractivity contribution in [3.05, 3.63) is 66.7 Å². The fraction of sp³-hybridized carbons (Fsp3) is 0.227. The van der Waals surface area contributed by atoms with Crippen LogP contribution >= 0.6 is 11.6 Å². The number of rotatable bonds is 3. The molecule has 5 rings (SSSR count). The molecule has 0 amide bonds. The number of aromatic nitrogens is 3. The van der Waals surface area contributed by atoms with Gasteiger partial charge >= 0.3 is 0 Å². The van der Waals surface area contributed by atoms with Gasteiger partial charge in [0, 0.05) is 17.7 Å². The lowest BCUT2D eigenvalue weighted by atomic mass is 10.0. The molecule has 0 unspecified atom stereocenters. The average molecular weight is 408 g/mol. The van der Waals surface area contributed by atoms with Gasteiger partial charge in [-0.05, 0) is 30.0 Å².